The number of rotatable bonds is 7. The van der Waals surface area contributed by atoms with E-state index in [1.165, 1.54) is 0 Å². The quantitative estimate of drug-likeness (QED) is 0.154. The standard InChI is InChI=1S/C18H32O16/c19-1-4-7(20)11(24)14(27)17(33-4)31-3-6-9(22)12(25)15(28)18(34-6)30-2-5-8(21)10(23)13(26)16(29)32-5/h4-29H,1-3H2/t4-,5-,6-,7+,8+,9+,10-,11+,12+,13-,14-,15-,16+,17+,18+/m0/s1. The summed E-state index contributed by atoms with van der Waals surface area (Å²) in [6.45, 7) is -1.84. The van der Waals surface area contributed by atoms with Crippen LogP contribution in [0.3, 0.4) is 0 Å². The Morgan fingerprint density at radius 1 is 0.441 bits per heavy atom. The lowest BCUT2D eigenvalue weighted by Crippen LogP contribution is -2.62. The summed E-state index contributed by atoms with van der Waals surface area (Å²) in [5.41, 5.74) is 0. The molecule has 16 nitrogen and oxygen atoms in total. The maximum atomic E-state index is 10.2. The highest BCUT2D eigenvalue weighted by molar-refractivity contribution is 4.92. The van der Waals surface area contributed by atoms with E-state index in [4.69, 9.17) is 23.7 Å². The first kappa shape index (κ1) is 27.9. The van der Waals surface area contributed by atoms with Crippen molar-refractivity contribution in [3.05, 3.63) is 0 Å². The lowest BCUT2D eigenvalue weighted by atomic mass is 9.98. The Morgan fingerprint density at radius 2 is 0.824 bits per heavy atom. The van der Waals surface area contributed by atoms with Crippen LogP contribution in [-0.2, 0) is 23.7 Å². The molecule has 11 N–H and O–H groups in total. The van der Waals surface area contributed by atoms with Crippen molar-refractivity contribution in [3.63, 3.8) is 0 Å². The highest BCUT2D eigenvalue weighted by atomic mass is 16.7. The van der Waals surface area contributed by atoms with Crippen LogP contribution >= 0.6 is 0 Å². The normalized spacial score (nSPS) is 52.5. The second kappa shape index (κ2) is 11.6. The summed E-state index contributed by atoms with van der Waals surface area (Å²) in [5.74, 6) is 0. The predicted molar refractivity (Wildman–Crippen MR) is 101 cm³/mol. The first-order valence-electron chi connectivity index (χ1n) is 10.6. The molecule has 0 unspecified atom stereocenters. The molecule has 3 aliphatic rings. The molecule has 3 rings (SSSR count). The average molecular weight is 504 g/mol. The molecule has 3 aliphatic heterocycles. The molecule has 3 fully saturated rings. The van der Waals surface area contributed by atoms with E-state index in [9.17, 15) is 56.2 Å². The highest BCUT2D eigenvalue weighted by Crippen LogP contribution is 2.27. The van der Waals surface area contributed by atoms with Gasteiger partial charge in [-0.2, -0.15) is 0 Å². The van der Waals surface area contributed by atoms with Crippen molar-refractivity contribution in [2.45, 2.75) is 92.1 Å². The van der Waals surface area contributed by atoms with Crippen LogP contribution in [0.5, 0.6) is 0 Å². The first-order chi connectivity index (χ1) is 16.0. The zero-order valence-corrected chi connectivity index (χ0v) is 17.7. The molecule has 0 amide bonds. The largest absolute Gasteiger partial charge is 0.394 e. The van der Waals surface area contributed by atoms with E-state index in [2.05, 4.69) is 0 Å². The van der Waals surface area contributed by atoms with E-state index >= 15 is 0 Å². The van der Waals surface area contributed by atoms with Gasteiger partial charge in [0.15, 0.2) is 18.9 Å². The summed E-state index contributed by atoms with van der Waals surface area (Å²) >= 11 is 0. The fourth-order valence-corrected chi connectivity index (χ4v) is 3.84. The monoisotopic (exact) mass is 504 g/mol. The Balaban J connectivity index is 1.58. The molecule has 200 valence electrons. The fourth-order valence-electron chi connectivity index (χ4n) is 3.84. The third-order valence-electron chi connectivity index (χ3n) is 6.05. The molecule has 0 aromatic heterocycles. The molecule has 0 radical (unpaired) electrons. The molecular weight excluding hydrogens is 472 g/mol. The van der Waals surface area contributed by atoms with Crippen LogP contribution in [0, 0.1) is 0 Å². The summed E-state index contributed by atoms with van der Waals surface area (Å²) in [4.78, 5) is 0. The molecule has 0 aliphatic carbocycles. The van der Waals surface area contributed by atoms with Gasteiger partial charge in [0, 0.05) is 0 Å². The smallest absolute Gasteiger partial charge is 0.186 e. The van der Waals surface area contributed by atoms with Crippen LogP contribution in [0.2, 0.25) is 0 Å². The van der Waals surface area contributed by atoms with Gasteiger partial charge in [-0.1, -0.05) is 0 Å². The summed E-state index contributed by atoms with van der Waals surface area (Å²) in [7, 11) is 0. The zero-order chi connectivity index (χ0) is 25.3. The minimum atomic E-state index is -1.82. The molecule has 16 heteroatoms. The van der Waals surface area contributed by atoms with Crippen molar-refractivity contribution < 1.29 is 79.9 Å². The van der Waals surface area contributed by atoms with Crippen LogP contribution in [0.1, 0.15) is 0 Å². The zero-order valence-electron chi connectivity index (χ0n) is 17.7. The molecule has 34 heavy (non-hydrogen) atoms. The van der Waals surface area contributed by atoms with Gasteiger partial charge in [-0.3, -0.25) is 0 Å². The summed E-state index contributed by atoms with van der Waals surface area (Å²) in [6.07, 6.45) is -24.4. The molecule has 0 saturated carbocycles. The summed E-state index contributed by atoms with van der Waals surface area (Å²) in [6, 6.07) is 0. The van der Waals surface area contributed by atoms with Gasteiger partial charge in [0.1, 0.15) is 73.2 Å². The van der Waals surface area contributed by atoms with Crippen molar-refractivity contribution in [3.8, 4) is 0 Å². The van der Waals surface area contributed by atoms with Crippen molar-refractivity contribution >= 4 is 0 Å². The summed E-state index contributed by atoms with van der Waals surface area (Å²) in [5, 5.41) is 108. The van der Waals surface area contributed by atoms with Gasteiger partial charge in [0.25, 0.3) is 0 Å². The maximum Gasteiger partial charge on any atom is 0.186 e. The first-order valence-corrected chi connectivity index (χ1v) is 10.6. The lowest BCUT2D eigenvalue weighted by molar-refractivity contribution is -0.340. The number of aliphatic hydroxyl groups excluding tert-OH is 11. The number of hydrogen-bond donors (Lipinski definition) is 11. The predicted octanol–water partition coefficient (Wildman–Crippen LogP) is -7.57. The molecule has 3 saturated heterocycles. The van der Waals surface area contributed by atoms with Crippen LogP contribution in [0.25, 0.3) is 0 Å². The SMILES string of the molecule is OC[C@@H]1O[C@@H](OC[C@@H]2O[C@@H](OC[C@@H]3O[C@@H](O)[C@@H](O)[C@@H](O)[C@@H]3O)[C@@H](O)[C@H](O)[C@@H]2O)[C@@H](O)[C@H](O)[C@@H]1O. The minimum absolute atomic E-state index is 0.570. The van der Waals surface area contributed by atoms with Gasteiger partial charge in [0.05, 0.1) is 19.8 Å². The highest BCUT2D eigenvalue weighted by Gasteiger charge is 2.48. The molecule has 3 heterocycles. The van der Waals surface area contributed by atoms with Gasteiger partial charge < -0.3 is 79.9 Å². The van der Waals surface area contributed by atoms with Gasteiger partial charge in [-0.15, -0.1) is 0 Å². The van der Waals surface area contributed by atoms with Gasteiger partial charge >= 0.3 is 0 Å². The maximum absolute atomic E-state index is 10.2. The Labute approximate surface area is 192 Å². The number of ether oxygens (including phenoxy) is 5. The second-order valence-corrected chi connectivity index (χ2v) is 8.42. The van der Waals surface area contributed by atoms with Crippen molar-refractivity contribution in [1.29, 1.82) is 0 Å². The molecule has 0 aromatic carbocycles. The van der Waals surface area contributed by atoms with Gasteiger partial charge in [-0.05, 0) is 0 Å². The van der Waals surface area contributed by atoms with Crippen molar-refractivity contribution in [1.82, 2.24) is 0 Å². The topological polar surface area (TPSA) is 269 Å². The van der Waals surface area contributed by atoms with E-state index in [0.29, 0.717) is 0 Å². The van der Waals surface area contributed by atoms with Gasteiger partial charge in [0.2, 0.25) is 0 Å². The Morgan fingerprint density at radius 3 is 1.29 bits per heavy atom. The molecule has 0 aromatic rings. The minimum Gasteiger partial charge on any atom is -0.394 e. The van der Waals surface area contributed by atoms with Crippen LogP contribution in [-0.4, -0.2) is 168 Å². The molecule has 0 bridgehead atoms. The number of hydrogen-bond acceptors (Lipinski definition) is 16. The van der Waals surface area contributed by atoms with Crippen LogP contribution < -0.4 is 0 Å². The van der Waals surface area contributed by atoms with E-state index < -0.39 is 112 Å². The van der Waals surface area contributed by atoms with Crippen molar-refractivity contribution in [2.24, 2.45) is 0 Å². The third kappa shape index (κ3) is 5.68. The summed E-state index contributed by atoms with van der Waals surface area (Å²) < 4.78 is 26.1. The van der Waals surface area contributed by atoms with E-state index in [1.54, 1.807) is 0 Å². The van der Waals surface area contributed by atoms with Gasteiger partial charge in [-0.25, -0.2) is 0 Å². The third-order valence-corrected chi connectivity index (χ3v) is 6.05. The van der Waals surface area contributed by atoms with Crippen LogP contribution in [0.4, 0.5) is 0 Å². The Kier molecular flexibility index (Phi) is 9.54. The fraction of sp³-hybridized carbons (Fsp3) is 1.00. The Hall–Kier alpha value is -0.640. The second-order valence-electron chi connectivity index (χ2n) is 8.42. The molecule has 15 atom stereocenters. The molecule has 0 spiro atoms. The van der Waals surface area contributed by atoms with Crippen LogP contribution in [0.15, 0.2) is 0 Å². The molecular formula is C18H32O16. The van der Waals surface area contributed by atoms with E-state index in [1.807, 2.05) is 0 Å². The number of aliphatic hydroxyl groups is 11. The average Bonchev–Trinajstić information content (AvgIpc) is 2.82. The van der Waals surface area contributed by atoms with E-state index in [-0.39, 0.29) is 0 Å². The lowest BCUT2D eigenvalue weighted by Gasteiger charge is -2.43. The Bertz CT molecular complexity index is 639. The van der Waals surface area contributed by atoms with Crippen molar-refractivity contribution in [2.75, 3.05) is 19.8 Å². The van der Waals surface area contributed by atoms with E-state index in [0.717, 1.165) is 0 Å².